The Morgan fingerprint density at radius 1 is 1.03 bits per heavy atom. The Kier molecular flexibility index (Phi) is 6.42. The molecule has 2 aromatic rings. The van der Waals surface area contributed by atoms with Crippen LogP contribution < -0.4 is 15.0 Å². The number of aryl methyl sites for hydroxylation is 1. The molecule has 1 saturated heterocycles. The molecule has 0 saturated carbocycles. The fourth-order valence-corrected chi connectivity index (χ4v) is 2.92. The van der Waals surface area contributed by atoms with Crippen LogP contribution in [0.5, 0.6) is 5.88 Å². The second-order valence-electron chi connectivity index (χ2n) is 8.14. The Bertz CT molecular complexity index is 1030. The summed E-state index contributed by atoms with van der Waals surface area (Å²) in [6.07, 6.45) is -0.215. The number of aromatic nitrogens is 1. The van der Waals surface area contributed by atoms with Crippen LogP contribution >= 0.6 is 0 Å². The Hall–Kier alpha value is -3.95. The Balaban J connectivity index is 1.62. The van der Waals surface area contributed by atoms with Crippen LogP contribution in [-0.2, 0) is 14.3 Å². The molecule has 0 radical (unpaired) electrons. The second-order valence-corrected chi connectivity index (χ2v) is 8.14. The molecule has 0 spiro atoms. The van der Waals surface area contributed by atoms with Crippen molar-refractivity contribution in [3.05, 3.63) is 48.2 Å². The largest absolute Gasteiger partial charge is 0.444 e. The summed E-state index contributed by atoms with van der Waals surface area (Å²) in [4.78, 5) is 55.3. The summed E-state index contributed by atoms with van der Waals surface area (Å²) in [5.74, 6) is -1.20. The number of rotatable bonds is 3. The van der Waals surface area contributed by atoms with Crippen LogP contribution in [0.1, 0.15) is 26.3 Å². The van der Waals surface area contributed by atoms with Crippen LogP contribution in [0.25, 0.3) is 0 Å². The van der Waals surface area contributed by atoms with Gasteiger partial charge in [-0.15, -0.1) is 0 Å². The molecule has 0 unspecified atom stereocenters. The van der Waals surface area contributed by atoms with Crippen LogP contribution in [0.3, 0.4) is 0 Å². The third kappa shape index (κ3) is 5.60. The van der Waals surface area contributed by atoms with Crippen molar-refractivity contribution in [1.82, 2.24) is 9.88 Å². The number of anilines is 2. The predicted molar refractivity (Wildman–Crippen MR) is 115 cm³/mol. The van der Waals surface area contributed by atoms with Crippen LogP contribution in [0.15, 0.2) is 42.6 Å². The summed E-state index contributed by atoms with van der Waals surface area (Å²) in [6, 6.07) is 10.0. The van der Waals surface area contributed by atoms with Crippen molar-refractivity contribution in [1.29, 1.82) is 0 Å². The summed E-state index contributed by atoms with van der Waals surface area (Å²) in [5.41, 5.74) is 0.935. The number of amides is 4. The van der Waals surface area contributed by atoms with Crippen molar-refractivity contribution >= 4 is 35.4 Å². The first-order valence-electron chi connectivity index (χ1n) is 9.88. The highest BCUT2D eigenvalue weighted by molar-refractivity contribution is 6.18. The number of benzene rings is 1. The molecule has 1 aliphatic rings. The Morgan fingerprint density at radius 3 is 2.25 bits per heavy atom. The first-order chi connectivity index (χ1) is 15.0. The average Bonchev–Trinajstić information content (AvgIpc) is 2.69. The summed E-state index contributed by atoms with van der Waals surface area (Å²) in [5, 5.41) is 2.61. The summed E-state index contributed by atoms with van der Waals surface area (Å²) < 4.78 is 10.4. The van der Waals surface area contributed by atoms with E-state index >= 15 is 0 Å². The van der Waals surface area contributed by atoms with Gasteiger partial charge in [0, 0.05) is 11.8 Å². The van der Waals surface area contributed by atoms with Crippen LogP contribution in [-0.4, -0.2) is 52.6 Å². The fourth-order valence-electron chi connectivity index (χ4n) is 2.92. The normalized spacial score (nSPS) is 14.2. The zero-order valence-corrected chi connectivity index (χ0v) is 18.2. The third-order valence-electron chi connectivity index (χ3n) is 4.36. The molecule has 0 bridgehead atoms. The molecule has 1 fully saturated rings. The fraction of sp³-hybridized carbons (Fsp3) is 0.318. The van der Waals surface area contributed by atoms with Crippen molar-refractivity contribution in [3.63, 3.8) is 0 Å². The molecule has 0 aliphatic carbocycles. The molecule has 10 nitrogen and oxygen atoms in total. The van der Waals surface area contributed by atoms with E-state index in [4.69, 9.17) is 9.47 Å². The zero-order valence-electron chi connectivity index (χ0n) is 18.2. The number of ether oxygens (including phenoxy) is 2. The lowest BCUT2D eigenvalue weighted by atomic mass is 10.2. The van der Waals surface area contributed by atoms with E-state index in [1.165, 1.54) is 18.3 Å². The predicted octanol–water partition coefficient (Wildman–Crippen LogP) is 3.11. The lowest BCUT2D eigenvalue weighted by Gasteiger charge is -2.33. The number of carbonyl (C=O) groups is 4. The van der Waals surface area contributed by atoms with Gasteiger partial charge < -0.3 is 9.47 Å². The zero-order chi connectivity index (χ0) is 23.5. The first kappa shape index (κ1) is 22.7. The van der Waals surface area contributed by atoms with Crippen molar-refractivity contribution in [2.45, 2.75) is 33.3 Å². The highest BCUT2D eigenvalue weighted by Gasteiger charge is 2.36. The second kappa shape index (κ2) is 9.04. The molecule has 168 valence electrons. The summed E-state index contributed by atoms with van der Waals surface area (Å²) in [6.45, 7) is 6.32. The number of imide groups is 1. The Labute approximate surface area is 185 Å². The van der Waals surface area contributed by atoms with E-state index < -0.39 is 29.6 Å². The van der Waals surface area contributed by atoms with Gasteiger partial charge in [0.05, 0.1) is 11.9 Å². The molecule has 3 rings (SSSR count). The van der Waals surface area contributed by atoms with E-state index in [1.807, 2.05) is 19.1 Å². The maximum atomic E-state index is 12.5. The van der Waals surface area contributed by atoms with E-state index in [-0.39, 0.29) is 24.7 Å². The summed E-state index contributed by atoms with van der Waals surface area (Å²) in [7, 11) is 0. The maximum Gasteiger partial charge on any atom is 0.418 e. The maximum absolute atomic E-state index is 12.5. The van der Waals surface area contributed by atoms with Gasteiger partial charge >= 0.3 is 12.2 Å². The molecule has 1 aromatic carbocycles. The number of hydrogen-bond donors (Lipinski definition) is 1. The van der Waals surface area contributed by atoms with E-state index in [9.17, 15) is 19.2 Å². The van der Waals surface area contributed by atoms with E-state index in [0.717, 1.165) is 15.4 Å². The molecule has 32 heavy (non-hydrogen) atoms. The van der Waals surface area contributed by atoms with Gasteiger partial charge in [-0.1, -0.05) is 18.2 Å². The van der Waals surface area contributed by atoms with Crippen LogP contribution in [0, 0.1) is 6.92 Å². The molecular formula is C22H24N4O6. The minimum absolute atomic E-state index is 0.00729. The smallest absolute Gasteiger partial charge is 0.418 e. The van der Waals surface area contributed by atoms with Gasteiger partial charge in [0.1, 0.15) is 18.7 Å². The van der Waals surface area contributed by atoms with Gasteiger partial charge in [-0.2, -0.15) is 0 Å². The first-order valence-corrected chi connectivity index (χ1v) is 9.88. The molecule has 1 aliphatic heterocycles. The number of pyridine rings is 1. The van der Waals surface area contributed by atoms with E-state index in [1.54, 1.807) is 32.9 Å². The number of nitrogens with zero attached hydrogens (tertiary/aromatic N) is 3. The molecule has 2 heterocycles. The van der Waals surface area contributed by atoms with E-state index in [2.05, 4.69) is 10.3 Å². The number of piperazine rings is 1. The SMILES string of the molecule is Cc1ccccc1NC(=O)Oc1ccc(N2C(=O)CN(C(=O)OC(C)(C)C)CC2=O)cn1. The van der Waals surface area contributed by atoms with Crippen molar-refractivity contribution < 1.29 is 28.7 Å². The van der Waals surface area contributed by atoms with Gasteiger partial charge in [-0.25, -0.2) is 19.5 Å². The van der Waals surface area contributed by atoms with Gasteiger partial charge in [-0.3, -0.25) is 19.8 Å². The van der Waals surface area contributed by atoms with Gasteiger partial charge in [0.15, 0.2) is 0 Å². The monoisotopic (exact) mass is 440 g/mol. The van der Waals surface area contributed by atoms with Crippen molar-refractivity contribution in [2.24, 2.45) is 0 Å². The minimum Gasteiger partial charge on any atom is -0.444 e. The van der Waals surface area contributed by atoms with Gasteiger partial charge in [0.25, 0.3) is 11.8 Å². The molecule has 1 N–H and O–H groups in total. The third-order valence-corrected chi connectivity index (χ3v) is 4.36. The van der Waals surface area contributed by atoms with Crippen LogP contribution in [0.2, 0.25) is 0 Å². The number of hydrogen-bond acceptors (Lipinski definition) is 7. The summed E-state index contributed by atoms with van der Waals surface area (Å²) >= 11 is 0. The molecule has 10 heteroatoms. The highest BCUT2D eigenvalue weighted by Crippen LogP contribution is 2.21. The molecule has 1 aromatic heterocycles. The lowest BCUT2D eigenvalue weighted by molar-refractivity contribution is -0.131. The number of nitrogens with one attached hydrogen (secondary N) is 1. The Morgan fingerprint density at radius 2 is 1.69 bits per heavy atom. The van der Waals surface area contributed by atoms with Crippen molar-refractivity contribution in [2.75, 3.05) is 23.3 Å². The topological polar surface area (TPSA) is 118 Å². The minimum atomic E-state index is -0.744. The highest BCUT2D eigenvalue weighted by atomic mass is 16.6. The van der Waals surface area contributed by atoms with Crippen LogP contribution in [0.4, 0.5) is 21.0 Å². The molecule has 0 atom stereocenters. The lowest BCUT2D eigenvalue weighted by Crippen LogP contribution is -2.56. The van der Waals surface area contributed by atoms with Gasteiger partial charge in [-0.05, 0) is 45.4 Å². The average molecular weight is 440 g/mol. The van der Waals surface area contributed by atoms with Crippen molar-refractivity contribution in [3.8, 4) is 5.88 Å². The van der Waals surface area contributed by atoms with Gasteiger partial charge in [0.2, 0.25) is 5.88 Å². The quantitative estimate of drug-likeness (QED) is 0.729. The van der Waals surface area contributed by atoms with E-state index in [0.29, 0.717) is 5.69 Å². The molecular weight excluding hydrogens is 416 g/mol. The molecule has 4 amide bonds. The number of carbonyl (C=O) groups excluding carboxylic acids is 4. The number of para-hydroxylation sites is 1. The standard InChI is InChI=1S/C22H24N4O6/c1-14-7-5-6-8-16(14)24-20(29)31-17-10-9-15(11-23-17)26-18(27)12-25(13-19(26)28)21(30)32-22(2,3)4/h5-11H,12-13H2,1-4H3,(H,24,29).